The minimum atomic E-state index is -0.402. The van der Waals surface area contributed by atoms with E-state index < -0.39 is 5.97 Å². The number of phenols is 1. The molecule has 230 valence electrons. The first-order valence-electron chi connectivity index (χ1n) is 15.1. The van der Waals surface area contributed by atoms with Gasteiger partial charge >= 0.3 is 5.97 Å². The number of carbonyl (C=O) groups is 1. The smallest absolute Gasteiger partial charge is 0.310 e. The number of aromatic nitrogens is 1. The highest BCUT2D eigenvalue weighted by Crippen LogP contribution is 2.48. The molecule has 1 aliphatic heterocycles. The van der Waals surface area contributed by atoms with Crippen LogP contribution in [0.5, 0.6) is 17.2 Å². The van der Waals surface area contributed by atoms with E-state index in [0.29, 0.717) is 45.8 Å². The second kappa shape index (κ2) is 14.4. The van der Waals surface area contributed by atoms with E-state index in [4.69, 9.17) is 14.2 Å². The number of phenolic OH excluding ortho intramolecular Hbond substituents is 1. The Kier molecular flexibility index (Phi) is 10.1. The number of pyridine rings is 1. The zero-order chi connectivity index (χ0) is 31.1. The Labute approximate surface area is 259 Å². The highest BCUT2D eigenvalue weighted by atomic mass is 16.5. The maximum Gasteiger partial charge on any atom is 0.310 e. The summed E-state index contributed by atoms with van der Waals surface area (Å²) >= 11 is 0. The van der Waals surface area contributed by atoms with Crippen molar-refractivity contribution in [1.29, 1.82) is 0 Å². The molecule has 0 aliphatic carbocycles. The molecule has 4 aromatic rings. The Morgan fingerprint density at radius 1 is 1.02 bits per heavy atom. The zero-order valence-electron chi connectivity index (χ0n) is 25.8. The average molecular weight is 596 g/mol. The van der Waals surface area contributed by atoms with Crippen LogP contribution >= 0.6 is 0 Å². The van der Waals surface area contributed by atoms with E-state index in [1.807, 2.05) is 48.5 Å². The summed E-state index contributed by atoms with van der Waals surface area (Å²) in [5, 5.41) is 13.4. The second-order valence-corrected chi connectivity index (χ2v) is 11.2. The van der Waals surface area contributed by atoms with Gasteiger partial charge in [0.15, 0.2) is 0 Å². The molecule has 1 saturated heterocycles. The minimum Gasteiger partial charge on any atom is -0.507 e. The van der Waals surface area contributed by atoms with Gasteiger partial charge in [0.25, 0.3) is 0 Å². The molecule has 0 saturated carbocycles. The summed E-state index contributed by atoms with van der Waals surface area (Å²) in [7, 11) is 2.11. The molecule has 8 nitrogen and oxygen atoms in total. The summed E-state index contributed by atoms with van der Waals surface area (Å²) in [5.74, 6) is 1.27. The lowest BCUT2D eigenvalue weighted by atomic mass is 9.87. The number of hydrogen-bond acceptors (Lipinski definition) is 8. The molecule has 0 amide bonds. The van der Waals surface area contributed by atoms with Gasteiger partial charge in [0.1, 0.15) is 17.2 Å². The number of carbonyl (C=O) groups excluding carboxylic acids is 1. The minimum absolute atomic E-state index is 0.0797. The molecule has 1 unspecified atom stereocenters. The van der Waals surface area contributed by atoms with Crippen molar-refractivity contribution in [2.75, 3.05) is 46.4 Å². The molecular formula is C36H41N3O5. The van der Waals surface area contributed by atoms with Crippen molar-refractivity contribution >= 4 is 16.7 Å². The molecule has 0 radical (unpaired) electrons. The van der Waals surface area contributed by atoms with Gasteiger partial charge < -0.3 is 24.2 Å². The molecule has 0 spiro atoms. The summed E-state index contributed by atoms with van der Waals surface area (Å²) < 4.78 is 17.9. The average Bonchev–Trinajstić information content (AvgIpc) is 3.02. The van der Waals surface area contributed by atoms with Gasteiger partial charge in [-0.25, -0.2) is 0 Å². The second-order valence-electron chi connectivity index (χ2n) is 11.2. The van der Waals surface area contributed by atoms with Crippen molar-refractivity contribution in [2.24, 2.45) is 0 Å². The molecule has 44 heavy (non-hydrogen) atoms. The van der Waals surface area contributed by atoms with Crippen LogP contribution in [0.3, 0.4) is 0 Å². The van der Waals surface area contributed by atoms with Crippen LogP contribution in [-0.2, 0) is 22.4 Å². The number of likely N-dealkylation sites (N-methyl/N-ethyl adjacent to an activating group) is 1. The third-order valence-corrected chi connectivity index (χ3v) is 7.95. The maximum absolute atomic E-state index is 13.1. The topological polar surface area (TPSA) is 84.4 Å². The Morgan fingerprint density at radius 3 is 2.43 bits per heavy atom. The van der Waals surface area contributed by atoms with Gasteiger partial charge in [0.05, 0.1) is 31.4 Å². The molecule has 0 bridgehead atoms. The van der Waals surface area contributed by atoms with Crippen molar-refractivity contribution in [1.82, 2.24) is 14.8 Å². The van der Waals surface area contributed by atoms with Crippen molar-refractivity contribution in [3.63, 3.8) is 0 Å². The van der Waals surface area contributed by atoms with Crippen LogP contribution in [0.4, 0.5) is 0 Å². The number of aromatic hydroxyl groups is 1. The van der Waals surface area contributed by atoms with E-state index in [2.05, 4.69) is 40.5 Å². The predicted molar refractivity (Wildman–Crippen MR) is 172 cm³/mol. The number of allylic oxidation sites excluding steroid dienone is 1. The number of fused-ring (bicyclic) bond motifs is 1. The Hall–Kier alpha value is -4.40. The molecule has 2 heterocycles. The molecule has 8 heteroatoms. The van der Waals surface area contributed by atoms with E-state index in [9.17, 15) is 9.90 Å². The first-order valence-corrected chi connectivity index (χ1v) is 15.1. The third-order valence-electron chi connectivity index (χ3n) is 7.95. The summed E-state index contributed by atoms with van der Waals surface area (Å²) in [6.07, 6.45) is 4.19. The fourth-order valence-corrected chi connectivity index (χ4v) is 5.81. The standard InChI is InChI=1S/C36H41N3O5/c1-5-42-32(40)24-31-33(34(27-13-16-37-17-14-27)39-20-18-38(4)19-21-39)35(41)29-12-11-28(23-30(29)36(31)44-25(2)3)43-22-15-26-9-7-6-8-10-26/h6-14,16-17,23,34,41H,2,5,15,18-22,24H2,1,3-4H3. The Morgan fingerprint density at radius 2 is 1.75 bits per heavy atom. The summed E-state index contributed by atoms with van der Waals surface area (Å²) in [6.45, 7) is 11.6. The van der Waals surface area contributed by atoms with Crippen LogP contribution in [0.2, 0.25) is 0 Å². The monoisotopic (exact) mass is 595 g/mol. The maximum atomic E-state index is 13.1. The normalized spacial score (nSPS) is 14.7. The number of rotatable bonds is 12. The Bertz CT molecular complexity index is 1580. The molecular weight excluding hydrogens is 554 g/mol. The van der Waals surface area contributed by atoms with Crippen LogP contribution in [0.1, 0.15) is 42.1 Å². The molecule has 1 atom stereocenters. The number of nitrogens with zero attached hydrogens (tertiary/aromatic N) is 3. The van der Waals surface area contributed by atoms with Crippen LogP contribution in [-0.4, -0.2) is 72.3 Å². The summed E-state index contributed by atoms with van der Waals surface area (Å²) in [5.41, 5.74) is 3.34. The lowest BCUT2D eigenvalue weighted by Gasteiger charge is -2.39. The fourth-order valence-electron chi connectivity index (χ4n) is 5.81. The highest BCUT2D eigenvalue weighted by Gasteiger charge is 2.34. The van der Waals surface area contributed by atoms with Crippen LogP contribution in [0.15, 0.2) is 85.4 Å². The van der Waals surface area contributed by atoms with Gasteiger partial charge in [-0.05, 0) is 62.4 Å². The van der Waals surface area contributed by atoms with Gasteiger partial charge in [0.2, 0.25) is 0 Å². The predicted octanol–water partition coefficient (Wildman–Crippen LogP) is 5.92. The molecule has 3 aromatic carbocycles. The van der Waals surface area contributed by atoms with Crippen LogP contribution < -0.4 is 9.47 Å². The SMILES string of the molecule is C=C(C)Oc1c(CC(=O)OCC)c(C(c2ccncc2)N2CCN(C)CC2)c(O)c2ccc(OCCc3ccccc3)cc12. The van der Waals surface area contributed by atoms with Crippen molar-refractivity contribution in [3.05, 3.63) is 108 Å². The number of hydrogen-bond donors (Lipinski definition) is 1. The number of ether oxygens (including phenoxy) is 3. The van der Waals surface area contributed by atoms with Crippen LogP contribution in [0, 0.1) is 0 Å². The van der Waals surface area contributed by atoms with Gasteiger partial charge in [-0.15, -0.1) is 0 Å². The van der Waals surface area contributed by atoms with Crippen molar-refractivity contribution in [3.8, 4) is 17.2 Å². The molecule has 1 aliphatic rings. The lowest BCUT2D eigenvalue weighted by Crippen LogP contribution is -2.46. The number of benzene rings is 3. The largest absolute Gasteiger partial charge is 0.507 e. The van der Waals surface area contributed by atoms with E-state index in [1.54, 1.807) is 26.2 Å². The first kappa shape index (κ1) is 31.0. The van der Waals surface area contributed by atoms with Crippen molar-refractivity contribution < 1.29 is 24.1 Å². The molecule has 1 aromatic heterocycles. The molecule has 1 fully saturated rings. The first-order chi connectivity index (χ1) is 21.4. The lowest BCUT2D eigenvalue weighted by molar-refractivity contribution is -0.142. The van der Waals surface area contributed by atoms with Gasteiger partial charge in [-0.2, -0.15) is 0 Å². The number of piperazine rings is 1. The molecule has 5 rings (SSSR count). The van der Waals surface area contributed by atoms with E-state index >= 15 is 0 Å². The van der Waals surface area contributed by atoms with Gasteiger partial charge in [-0.3, -0.25) is 14.7 Å². The number of esters is 1. The van der Waals surface area contributed by atoms with Crippen molar-refractivity contribution in [2.45, 2.75) is 32.7 Å². The molecule has 1 N–H and O–H groups in total. The van der Waals surface area contributed by atoms with Gasteiger partial charge in [0, 0.05) is 66.9 Å². The zero-order valence-corrected chi connectivity index (χ0v) is 25.8. The Balaban J connectivity index is 1.67. The summed E-state index contributed by atoms with van der Waals surface area (Å²) in [6, 6.07) is 19.3. The summed E-state index contributed by atoms with van der Waals surface area (Å²) in [4.78, 5) is 22.0. The highest BCUT2D eigenvalue weighted by molar-refractivity contribution is 5.98. The van der Waals surface area contributed by atoms with Gasteiger partial charge in [-0.1, -0.05) is 36.9 Å². The quantitative estimate of drug-likeness (QED) is 0.160. The fraction of sp³-hybridized carbons (Fsp3) is 0.333. The van der Waals surface area contributed by atoms with E-state index in [1.165, 1.54) is 5.56 Å². The van der Waals surface area contributed by atoms with E-state index in [-0.39, 0.29) is 24.8 Å². The third kappa shape index (κ3) is 7.21. The van der Waals surface area contributed by atoms with E-state index in [0.717, 1.165) is 38.2 Å². The van der Waals surface area contributed by atoms with Crippen LogP contribution in [0.25, 0.3) is 10.8 Å².